The molecule has 2 N–H and O–H groups in total. The highest BCUT2D eigenvalue weighted by Gasteiger charge is 2.22. The minimum Gasteiger partial charge on any atom is -0.480 e. The molecule has 0 heterocycles. The van der Waals surface area contributed by atoms with Crippen LogP contribution in [0.1, 0.15) is 34.6 Å². The predicted octanol–water partition coefficient (Wildman–Crippen LogP) is 1.42. The highest BCUT2D eigenvalue weighted by Crippen LogP contribution is 2.14. The predicted molar refractivity (Wildman–Crippen MR) is 66.6 cm³/mol. The largest absolute Gasteiger partial charge is 0.480 e. The van der Waals surface area contributed by atoms with Gasteiger partial charge in [0.25, 0.3) is 0 Å². The van der Waals surface area contributed by atoms with Crippen LogP contribution in [0, 0.1) is 5.41 Å². The summed E-state index contributed by atoms with van der Waals surface area (Å²) in [6, 6.07) is -0.309. The number of carbonyl (C=O) groups is 1. The third-order valence-corrected chi connectivity index (χ3v) is 2.07. The molecule has 0 fully saturated rings. The fourth-order valence-electron chi connectivity index (χ4n) is 1.79. The Balaban J connectivity index is 4.24. The average molecular weight is 230 g/mol. The highest BCUT2D eigenvalue weighted by atomic mass is 16.4. The van der Waals surface area contributed by atoms with Crippen molar-refractivity contribution in [1.82, 2.24) is 10.2 Å². The van der Waals surface area contributed by atoms with Gasteiger partial charge in [-0.25, -0.2) is 0 Å². The number of likely N-dealkylation sites (N-methyl/N-ethyl adjacent to an activating group) is 1. The SMILES string of the molecule is CC(C)NC(CN(C)CC(C)(C)C)C(=O)O. The van der Waals surface area contributed by atoms with Gasteiger partial charge in [-0.15, -0.1) is 0 Å². The summed E-state index contributed by atoms with van der Waals surface area (Å²) in [5, 5.41) is 12.1. The molecule has 0 bridgehead atoms. The Hall–Kier alpha value is -0.610. The van der Waals surface area contributed by atoms with Crippen LogP contribution in [-0.4, -0.2) is 48.2 Å². The summed E-state index contributed by atoms with van der Waals surface area (Å²) in [4.78, 5) is 13.1. The van der Waals surface area contributed by atoms with Crippen molar-refractivity contribution in [3.05, 3.63) is 0 Å². The second-order valence-corrected chi connectivity index (χ2v) is 5.97. The summed E-state index contributed by atoms with van der Waals surface area (Å²) in [7, 11) is 1.96. The Morgan fingerprint density at radius 1 is 1.38 bits per heavy atom. The minimum absolute atomic E-state index is 0.184. The summed E-state index contributed by atoms with van der Waals surface area (Å²) in [5.41, 5.74) is 0.190. The van der Waals surface area contributed by atoms with Crippen LogP contribution in [0.25, 0.3) is 0 Å². The second kappa shape index (κ2) is 6.21. The van der Waals surface area contributed by atoms with Crippen LogP contribution in [-0.2, 0) is 4.79 Å². The smallest absolute Gasteiger partial charge is 0.322 e. The molecule has 96 valence electrons. The monoisotopic (exact) mass is 230 g/mol. The van der Waals surface area contributed by atoms with E-state index in [9.17, 15) is 4.79 Å². The molecule has 0 radical (unpaired) electrons. The third-order valence-electron chi connectivity index (χ3n) is 2.07. The van der Waals surface area contributed by atoms with Crippen molar-refractivity contribution in [1.29, 1.82) is 0 Å². The number of hydrogen-bond acceptors (Lipinski definition) is 3. The van der Waals surface area contributed by atoms with Crippen molar-refractivity contribution in [2.45, 2.75) is 46.7 Å². The number of aliphatic carboxylic acids is 1. The van der Waals surface area contributed by atoms with Crippen LogP contribution in [0.15, 0.2) is 0 Å². The van der Waals surface area contributed by atoms with Gasteiger partial charge in [-0.05, 0) is 12.5 Å². The van der Waals surface area contributed by atoms with E-state index in [-0.39, 0.29) is 11.5 Å². The van der Waals surface area contributed by atoms with Gasteiger partial charge in [-0.1, -0.05) is 34.6 Å². The quantitative estimate of drug-likeness (QED) is 0.724. The molecule has 0 rings (SSSR count). The molecule has 4 heteroatoms. The first-order valence-corrected chi connectivity index (χ1v) is 5.79. The molecule has 0 saturated heterocycles. The normalized spacial score (nSPS) is 14.5. The van der Waals surface area contributed by atoms with Gasteiger partial charge in [0.05, 0.1) is 0 Å². The minimum atomic E-state index is -0.783. The van der Waals surface area contributed by atoms with Crippen molar-refractivity contribution in [2.75, 3.05) is 20.1 Å². The van der Waals surface area contributed by atoms with Crippen molar-refractivity contribution >= 4 is 5.97 Å². The maximum atomic E-state index is 11.0. The molecule has 1 atom stereocenters. The summed E-state index contributed by atoms with van der Waals surface area (Å²) in [6.07, 6.45) is 0. The van der Waals surface area contributed by atoms with Crippen molar-refractivity contribution in [3.8, 4) is 0 Å². The van der Waals surface area contributed by atoms with E-state index < -0.39 is 12.0 Å². The number of nitrogens with zero attached hydrogens (tertiary/aromatic N) is 1. The zero-order chi connectivity index (χ0) is 12.9. The molecule has 0 amide bonds. The Labute approximate surface area is 99.0 Å². The van der Waals surface area contributed by atoms with Gasteiger partial charge in [0, 0.05) is 19.1 Å². The Morgan fingerprint density at radius 3 is 2.19 bits per heavy atom. The summed E-state index contributed by atoms with van der Waals surface area (Å²) in [6.45, 7) is 11.8. The first-order valence-electron chi connectivity index (χ1n) is 5.79. The number of rotatable bonds is 6. The van der Waals surface area contributed by atoms with Gasteiger partial charge in [-0.2, -0.15) is 0 Å². The molecule has 0 saturated carbocycles. The van der Waals surface area contributed by atoms with Crippen LogP contribution in [0.5, 0.6) is 0 Å². The zero-order valence-corrected chi connectivity index (χ0v) is 11.4. The molecule has 0 aromatic rings. The van der Waals surface area contributed by atoms with Crippen molar-refractivity contribution in [3.63, 3.8) is 0 Å². The number of hydrogen-bond donors (Lipinski definition) is 2. The lowest BCUT2D eigenvalue weighted by Gasteiger charge is -2.29. The fourth-order valence-corrected chi connectivity index (χ4v) is 1.79. The molecular weight excluding hydrogens is 204 g/mol. The lowest BCUT2D eigenvalue weighted by Crippen LogP contribution is -2.48. The van der Waals surface area contributed by atoms with Gasteiger partial charge >= 0.3 is 5.97 Å². The van der Waals surface area contributed by atoms with Crippen LogP contribution < -0.4 is 5.32 Å². The Morgan fingerprint density at radius 2 is 1.88 bits per heavy atom. The van der Waals surface area contributed by atoms with E-state index >= 15 is 0 Å². The van der Waals surface area contributed by atoms with Crippen LogP contribution >= 0.6 is 0 Å². The summed E-state index contributed by atoms with van der Waals surface area (Å²) in [5.74, 6) is -0.783. The van der Waals surface area contributed by atoms with Gasteiger partial charge in [-0.3, -0.25) is 4.79 Å². The topological polar surface area (TPSA) is 52.6 Å². The first kappa shape index (κ1) is 15.4. The molecule has 0 aromatic carbocycles. The second-order valence-electron chi connectivity index (χ2n) is 5.97. The average Bonchev–Trinajstić information content (AvgIpc) is 1.97. The molecule has 0 spiro atoms. The fraction of sp³-hybridized carbons (Fsp3) is 0.917. The molecule has 1 unspecified atom stereocenters. The maximum absolute atomic E-state index is 11.0. The molecular formula is C12H26N2O2. The van der Waals surface area contributed by atoms with Gasteiger partial charge < -0.3 is 15.3 Å². The highest BCUT2D eigenvalue weighted by molar-refractivity contribution is 5.73. The first-order chi connectivity index (χ1) is 7.11. The third kappa shape index (κ3) is 7.65. The van der Waals surface area contributed by atoms with Crippen LogP contribution in [0.2, 0.25) is 0 Å². The van der Waals surface area contributed by atoms with E-state index in [0.717, 1.165) is 6.54 Å². The van der Waals surface area contributed by atoms with E-state index in [1.165, 1.54) is 0 Å². The molecule has 0 aliphatic carbocycles. The van der Waals surface area contributed by atoms with Crippen molar-refractivity contribution < 1.29 is 9.90 Å². The standard InChI is InChI=1S/C12H26N2O2/c1-9(2)13-10(11(15)16)7-14(6)8-12(3,4)5/h9-10,13H,7-8H2,1-6H3,(H,15,16). The van der Waals surface area contributed by atoms with Crippen LogP contribution in [0.3, 0.4) is 0 Å². The molecule has 4 nitrogen and oxygen atoms in total. The molecule has 0 aromatic heterocycles. The zero-order valence-electron chi connectivity index (χ0n) is 11.4. The number of nitrogens with one attached hydrogen (secondary N) is 1. The lowest BCUT2D eigenvalue weighted by atomic mass is 9.96. The van der Waals surface area contributed by atoms with Crippen LogP contribution in [0.4, 0.5) is 0 Å². The van der Waals surface area contributed by atoms with Gasteiger partial charge in [0.2, 0.25) is 0 Å². The van der Waals surface area contributed by atoms with E-state index in [4.69, 9.17) is 5.11 Å². The van der Waals surface area contributed by atoms with E-state index in [1.54, 1.807) is 0 Å². The van der Waals surface area contributed by atoms with Crippen molar-refractivity contribution in [2.24, 2.45) is 5.41 Å². The lowest BCUT2D eigenvalue weighted by molar-refractivity contribution is -0.140. The Bertz CT molecular complexity index is 222. The van der Waals surface area contributed by atoms with E-state index in [1.807, 2.05) is 20.9 Å². The number of carboxylic acid groups (broad SMARTS) is 1. The maximum Gasteiger partial charge on any atom is 0.322 e. The van der Waals surface area contributed by atoms with E-state index in [2.05, 4.69) is 31.0 Å². The molecule has 0 aliphatic heterocycles. The summed E-state index contributed by atoms with van der Waals surface area (Å²) >= 11 is 0. The molecule has 16 heavy (non-hydrogen) atoms. The molecule has 0 aliphatic rings. The Kier molecular flexibility index (Phi) is 5.97. The summed E-state index contributed by atoms with van der Waals surface area (Å²) < 4.78 is 0. The number of carboxylic acids is 1. The van der Waals surface area contributed by atoms with Gasteiger partial charge in [0.1, 0.15) is 6.04 Å². The van der Waals surface area contributed by atoms with Gasteiger partial charge in [0.15, 0.2) is 0 Å². The van der Waals surface area contributed by atoms with E-state index in [0.29, 0.717) is 6.54 Å².